The van der Waals surface area contributed by atoms with E-state index in [0.717, 1.165) is 23.0 Å². The molecule has 1 fully saturated rings. The Morgan fingerprint density at radius 2 is 2.00 bits per heavy atom. The number of benzene rings is 1. The molecule has 2 nitrogen and oxygen atoms in total. The van der Waals surface area contributed by atoms with Gasteiger partial charge in [0.05, 0.1) is 11.2 Å². The van der Waals surface area contributed by atoms with E-state index in [9.17, 15) is 4.39 Å². The molecule has 0 bridgehead atoms. The number of hydrogen-bond acceptors (Lipinski definition) is 2. The third-order valence-corrected chi connectivity index (χ3v) is 4.67. The number of hydrogen-bond donors (Lipinski definition) is 1. The van der Waals surface area contributed by atoms with Crippen LogP contribution in [-0.2, 0) is 4.74 Å². The van der Waals surface area contributed by atoms with Crippen molar-refractivity contribution in [2.24, 2.45) is 5.92 Å². The highest BCUT2D eigenvalue weighted by Crippen LogP contribution is 2.47. The second-order valence-corrected chi connectivity index (χ2v) is 7.93. The van der Waals surface area contributed by atoms with Crippen molar-refractivity contribution in [3.05, 3.63) is 34.1 Å². The SMILES string of the molecule is CCNC(c1cc(F)cc(Br)c1)C1CC(C)(C)OC1(C)C. The Morgan fingerprint density at radius 1 is 1.33 bits per heavy atom. The van der Waals surface area contributed by atoms with E-state index >= 15 is 0 Å². The quantitative estimate of drug-likeness (QED) is 0.832. The van der Waals surface area contributed by atoms with E-state index in [-0.39, 0.29) is 23.1 Å². The van der Waals surface area contributed by atoms with Crippen molar-refractivity contribution < 1.29 is 9.13 Å². The van der Waals surface area contributed by atoms with E-state index in [1.807, 2.05) is 6.07 Å². The zero-order valence-electron chi connectivity index (χ0n) is 13.5. The average molecular weight is 358 g/mol. The van der Waals surface area contributed by atoms with E-state index in [1.165, 1.54) is 6.07 Å². The molecule has 1 N–H and O–H groups in total. The van der Waals surface area contributed by atoms with Gasteiger partial charge >= 0.3 is 0 Å². The average Bonchev–Trinajstić information content (AvgIpc) is 2.52. The van der Waals surface area contributed by atoms with E-state index in [1.54, 1.807) is 6.07 Å². The molecule has 0 amide bonds. The normalized spacial score (nSPS) is 25.0. The molecule has 1 saturated heterocycles. The number of nitrogens with one attached hydrogen (secondary N) is 1. The van der Waals surface area contributed by atoms with Gasteiger partial charge in [0, 0.05) is 16.4 Å². The lowest BCUT2D eigenvalue weighted by atomic mass is 9.79. The molecule has 0 aliphatic carbocycles. The van der Waals surface area contributed by atoms with Crippen LogP contribution >= 0.6 is 15.9 Å². The predicted molar refractivity (Wildman–Crippen MR) is 87.9 cm³/mol. The molecule has 1 aromatic rings. The van der Waals surface area contributed by atoms with Crippen LogP contribution in [0.25, 0.3) is 0 Å². The van der Waals surface area contributed by atoms with Gasteiger partial charge < -0.3 is 10.1 Å². The minimum atomic E-state index is -0.241. The van der Waals surface area contributed by atoms with Gasteiger partial charge in [-0.05, 0) is 64.4 Å². The third-order valence-electron chi connectivity index (χ3n) is 4.21. The van der Waals surface area contributed by atoms with Gasteiger partial charge in [-0.3, -0.25) is 0 Å². The molecule has 4 heteroatoms. The molecular formula is C17H25BrFNO. The summed E-state index contributed by atoms with van der Waals surface area (Å²) in [5.41, 5.74) is 0.588. The van der Waals surface area contributed by atoms with E-state index < -0.39 is 0 Å². The van der Waals surface area contributed by atoms with Crippen LogP contribution in [0.3, 0.4) is 0 Å². The summed E-state index contributed by atoms with van der Waals surface area (Å²) in [5, 5.41) is 3.52. The maximum absolute atomic E-state index is 13.8. The van der Waals surface area contributed by atoms with E-state index in [4.69, 9.17) is 4.74 Å². The molecule has 1 aromatic carbocycles. The molecule has 2 atom stereocenters. The van der Waals surface area contributed by atoms with Gasteiger partial charge in [0.2, 0.25) is 0 Å². The van der Waals surface area contributed by atoms with Gasteiger partial charge in [0.25, 0.3) is 0 Å². The first-order chi connectivity index (χ1) is 9.64. The molecule has 2 unspecified atom stereocenters. The van der Waals surface area contributed by atoms with Crippen molar-refractivity contribution in [2.75, 3.05) is 6.54 Å². The minimum absolute atomic E-state index is 0.0822. The fourth-order valence-electron chi connectivity index (χ4n) is 3.59. The molecule has 0 aromatic heterocycles. The highest BCUT2D eigenvalue weighted by molar-refractivity contribution is 9.10. The van der Waals surface area contributed by atoms with E-state index in [0.29, 0.717) is 5.92 Å². The summed E-state index contributed by atoms with van der Waals surface area (Å²) in [6.07, 6.45) is 0.950. The molecule has 0 spiro atoms. The molecule has 118 valence electrons. The summed E-state index contributed by atoms with van der Waals surface area (Å²) >= 11 is 3.39. The fourth-order valence-corrected chi connectivity index (χ4v) is 4.07. The third kappa shape index (κ3) is 3.85. The molecule has 0 radical (unpaired) electrons. The van der Waals surface area contributed by atoms with Crippen LogP contribution < -0.4 is 5.32 Å². The van der Waals surface area contributed by atoms with Crippen LogP contribution in [0.5, 0.6) is 0 Å². The molecule has 2 rings (SSSR count). The van der Waals surface area contributed by atoms with Gasteiger partial charge in [-0.15, -0.1) is 0 Å². The Morgan fingerprint density at radius 3 is 2.48 bits per heavy atom. The highest BCUT2D eigenvalue weighted by atomic mass is 79.9. The standard InChI is InChI=1S/C17H25BrFNO/c1-6-20-15(11-7-12(18)9-13(19)8-11)14-10-16(2,3)21-17(14,4)5/h7-9,14-15,20H,6,10H2,1-5H3. The Bertz CT molecular complexity index is 495. The first-order valence-electron chi connectivity index (χ1n) is 7.54. The van der Waals surface area contributed by atoms with Crippen LogP contribution in [0, 0.1) is 11.7 Å². The Labute approximate surface area is 135 Å². The van der Waals surface area contributed by atoms with Crippen LogP contribution in [0.1, 0.15) is 52.6 Å². The number of rotatable bonds is 4. The van der Waals surface area contributed by atoms with Crippen molar-refractivity contribution >= 4 is 15.9 Å². The summed E-state index contributed by atoms with van der Waals surface area (Å²) in [6, 6.07) is 5.20. The van der Waals surface area contributed by atoms with Gasteiger partial charge in [-0.25, -0.2) is 4.39 Å². The highest BCUT2D eigenvalue weighted by Gasteiger charge is 2.49. The van der Waals surface area contributed by atoms with Gasteiger partial charge in [-0.1, -0.05) is 22.9 Å². The molecule has 0 saturated carbocycles. The first-order valence-corrected chi connectivity index (χ1v) is 8.33. The van der Waals surface area contributed by atoms with Crippen molar-refractivity contribution in [1.82, 2.24) is 5.32 Å². The lowest BCUT2D eigenvalue weighted by Gasteiger charge is -2.34. The van der Waals surface area contributed by atoms with Crippen LogP contribution in [0.15, 0.2) is 22.7 Å². The maximum Gasteiger partial charge on any atom is 0.124 e. The molecule has 1 heterocycles. The summed E-state index contributed by atoms with van der Waals surface area (Å²) in [6.45, 7) is 11.4. The monoisotopic (exact) mass is 357 g/mol. The zero-order valence-corrected chi connectivity index (χ0v) is 15.1. The number of halogens is 2. The molecule has 1 aliphatic rings. The lowest BCUT2D eigenvalue weighted by molar-refractivity contribution is -0.0778. The lowest BCUT2D eigenvalue weighted by Crippen LogP contribution is -2.38. The summed E-state index contributed by atoms with van der Waals surface area (Å²) in [7, 11) is 0. The summed E-state index contributed by atoms with van der Waals surface area (Å²) < 4.78 is 20.8. The van der Waals surface area contributed by atoms with Crippen molar-refractivity contribution in [2.45, 2.75) is 58.3 Å². The van der Waals surface area contributed by atoms with Gasteiger partial charge in [0.1, 0.15) is 5.82 Å². The Kier molecular flexibility index (Phi) is 4.81. The van der Waals surface area contributed by atoms with Crippen LogP contribution in [0.4, 0.5) is 4.39 Å². The van der Waals surface area contributed by atoms with Crippen molar-refractivity contribution in [3.63, 3.8) is 0 Å². The summed E-state index contributed by atoms with van der Waals surface area (Å²) in [5.74, 6) is 0.0828. The van der Waals surface area contributed by atoms with Crippen molar-refractivity contribution in [1.29, 1.82) is 0 Å². The zero-order chi connectivity index (χ0) is 15.8. The molecular weight excluding hydrogens is 333 g/mol. The second-order valence-electron chi connectivity index (χ2n) is 7.01. The fraction of sp³-hybridized carbons (Fsp3) is 0.647. The van der Waals surface area contributed by atoms with Crippen molar-refractivity contribution in [3.8, 4) is 0 Å². The molecule has 21 heavy (non-hydrogen) atoms. The largest absolute Gasteiger partial charge is 0.369 e. The van der Waals surface area contributed by atoms with Crippen LogP contribution in [-0.4, -0.2) is 17.7 Å². The van der Waals surface area contributed by atoms with Gasteiger partial charge in [0.15, 0.2) is 0 Å². The predicted octanol–water partition coefficient (Wildman–Crippen LogP) is 4.83. The Balaban J connectivity index is 2.39. The van der Waals surface area contributed by atoms with E-state index in [2.05, 4.69) is 55.9 Å². The number of ether oxygens (including phenoxy) is 1. The topological polar surface area (TPSA) is 21.3 Å². The first kappa shape index (κ1) is 16.9. The van der Waals surface area contributed by atoms with Crippen LogP contribution in [0.2, 0.25) is 0 Å². The van der Waals surface area contributed by atoms with Gasteiger partial charge in [-0.2, -0.15) is 0 Å². The maximum atomic E-state index is 13.8. The Hall–Kier alpha value is -0.450. The second kappa shape index (κ2) is 5.98. The molecule has 1 aliphatic heterocycles. The minimum Gasteiger partial charge on any atom is -0.369 e. The smallest absolute Gasteiger partial charge is 0.124 e. The summed E-state index contributed by atoms with van der Waals surface area (Å²) in [4.78, 5) is 0.